The standard InChI is InChI=1S/C31H34O5/c1-23-17-27-29(33-18-23)31(35-21-26-15-9-4-10-16-26)30(34-20-25-13-7-3-8-14-25)28(36-27)22-32-19-24-11-5-2-6-12-24/h2-16,27-31H,1,17-22H2/t27-,28-,29-,30-,31-/m1/s1. The molecule has 188 valence electrons. The Kier molecular flexibility index (Phi) is 8.59. The Morgan fingerprint density at radius 1 is 0.694 bits per heavy atom. The van der Waals surface area contributed by atoms with Gasteiger partial charge in [0.1, 0.15) is 24.4 Å². The van der Waals surface area contributed by atoms with Crippen molar-refractivity contribution in [1.29, 1.82) is 0 Å². The van der Waals surface area contributed by atoms with E-state index >= 15 is 0 Å². The van der Waals surface area contributed by atoms with Crippen LogP contribution in [0.3, 0.4) is 0 Å². The van der Waals surface area contributed by atoms with Gasteiger partial charge in [0.25, 0.3) is 0 Å². The summed E-state index contributed by atoms with van der Waals surface area (Å²) in [6.07, 6.45) is -0.576. The van der Waals surface area contributed by atoms with E-state index in [9.17, 15) is 0 Å². The van der Waals surface area contributed by atoms with E-state index in [4.69, 9.17) is 23.7 Å². The van der Waals surface area contributed by atoms with Crippen LogP contribution in [0.15, 0.2) is 103 Å². The lowest BCUT2D eigenvalue weighted by Crippen LogP contribution is -2.62. The third kappa shape index (κ3) is 6.49. The molecule has 36 heavy (non-hydrogen) atoms. The molecule has 5 heteroatoms. The van der Waals surface area contributed by atoms with Crippen LogP contribution in [0.1, 0.15) is 23.1 Å². The van der Waals surface area contributed by atoms with E-state index < -0.39 is 0 Å². The van der Waals surface area contributed by atoms with E-state index in [1.165, 1.54) is 0 Å². The second-order valence-electron chi connectivity index (χ2n) is 9.47. The predicted molar refractivity (Wildman–Crippen MR) is 138 cm³/mol. The topological polar surface area (TPSA) is 46.2 Å². The number of fused-ring (bicyclic) bond motifs is 1. The molecule has 0 saturated carbocycles. The minimum Gasteiger partial charge on any atom is -0.374 e. The van der Waals surface area contributed by atoms with Gasteiger partial charge in [-0.3, -0.25) is 0 Å². The lowest BCUT2D eigenvalue weighted by molar-refractivity contribution is -0.275. The molecule has 3 aromatic carbocycles. The summed E-state index contributed by atoms with van der Waals surface area (Å²) in [4.78, 5) is 0. The van der Waals surface area contributed by atoms with Crippen molar-refractivity contribution in [2.75, 3.05) is 13.2 Å². The molecule has 2 heterocycles. The normalized spacial score (nSPS) is 25.9. The van der Waals surface area contributed by atoms with Crippen LogP contribution in [-0.2, 0) is 43.5 Å². The van der Waals surface area contributed by atoms with Crippen LogP contribution in [0.25, 0.3) is 0 Å². The number of hydrogen-bond acceptors (Lipinski definition) is 5. The Morgan fingerprint density at radius 2 is 1.22 bits per heavy atom. The average Bonchev–Trinajstić information content (AvgIpc) is 2.92. The van der Waals surface area contributed by atoms with Gasteiger partial charge in [0, 0.05) is 0 Å². The van der Waals surface area contributed by atoms with Gasteiger partial charge in [-0.25, -0.2) is 0 Å². The molecule has 5 atom stereocenters. The molecule has 2 fully saturated rings. The molecule has 0 aromatic heterocycles. The number of ether oxygens (including phenoxy) is 5. The quantitative estimate of drug-likeness (QED) is 0.355. The van der Waals surface area contributed by atoms with Crippen LogP contribution in [0, 0.1) is 0 Å². The Hall–Kier alpha value is -2.80. The van der Waals surface area contributed by atoms with Gasteiger partial charge in [-0.05, 0) is 28.7 Å². The van der Waals surface area contributed by atoms with Gasteiger partial charge < -0.3 is 23.7 Å². The minimum absolute atomic E-state index is 0.145. The smallest absolute Gasteiger partial charge is 0.115 e. The van der Waals surface area contributed by atoms with Gasteiger partial charge in [0.15, 0.2) is 0 Å². The Morgan fingerprint density at radius 3 is 1.81 bits per heavy atom. The predicted octanol–water partition coefficient (Wildman–Crippen LogP) is 5.49. The maximum Gasteiger partial charge on any atom is 0.115 e. The van der Waals surface area contributed by atoms with E-state index in [1.807, 2.05) is 54.6 Å². The summed E-state index contributed by atoms with van der Waals surface area (Å²) in [5, 5.41) is 0. The third-order valence-corrected chi connectivity index (χ3v) is 6.66. The molecule has 3 aromatic rings. The van der Waals surface area contributed by atoms with Gasteiger partial charge >= 0.3 is 0 Å². The highest BCUT2D eigenvalue weighted by molar-refractivity contribution is 5.16. The molecule has 2 aliphatic rings. The molecule has 2 saturated heterocycles. The molecule has 2 aliphatic heterocycles. The highest BCUT2D eigenvalue weighted by Crippen LogP contribution is 2.35. The van der Waals surface area contributed by atoms with Crippen molar-refractivity contribution in [3.05, 3.63) is 120 Å². The van der Waals surface area contributed by atoms with Gasteiger partial charge in [0.2, 0.25) is 0 Å². The molecular weight excluding hydrogens is 452 g/mol. The highest BCUT2D eigenvalue weighted by atomic mass is 16.6. The summed E-state index contributed by atoms with van der Waals surface area (Å²) < 4.78 is 32.0. The molecule has 0 bridgehead atoms. The van der Waals surface area contributed by atoms with E-state index in [0.29, 0.717) is 33.0 Å². The second kappa shape index (κ2) is 12.4. The van der Waals surface area contributed by atoms with Gasteiger partial charge in [0.05, 0.1) is 39.1 Å². The summed E-state index contributed by atoms with van der Waals surface area (Å²) in [5.74, 6) is 0. The molecule has 0 N–H and O–H groups in total. The number of benzene rings is 3. The van der Waals surface area contributed by atoms with Crippen molar-refractivity contribution in [1.82, 2.24) is 0 Å². The number of hydrogen-bond donors (Lipinski definition) is 0. The Balaban J connectivity index is 1.35. The second-order valence-corrected chi connectivity index (χ2v) is 9.47. The molecule has 0 amide bonds. The first-order valence-electron chi connectivity index (χ1n) is 12.6. The van der Waals surface area contributed by atoms with Gasteiger partial charge in [-0.2, -0.15) is 0 Å². The van der Waals surface area contributed by atoms with Crippen LogP contribution >= 0.6 is 0 Å². The Labute approximate surface area is 213 Å². The minimum atomic E-state index is -0.350. The van der Waals surface area contributed by atoms with E-state index in [2.05, 4.69) is 43.0 Å². The first kappa shape index (κ1) is 24.9. The Bertz CT molecular complexity index is 1070. The first-order valence-corrected chi connectivity index (χ1v) is 12.6. The first-order chi connectivity index (χ1) is 17.8. The molecule has 5 rings (SSSR count). The van der Waals surface area contributed by atoms with E-state index in [1.54, 1.807) is 0 Å². The number of rotatable bonds is 10. The summed E-state index contributed by atoms with van der Waals surface area (Å²) in [6.45, 7) is 6.49. The monoisotopic (exact) mass is 486 g/mol. The molecule has 0 aliphatic carbocycles. The van der Waals surface area contributed by atoms with Crippen LogP contribution in [0.4, 0.5) is 0 Å². The maximum atomic E-state index is 6.57. The average molecular weight is 487 g/mol. The maximum absolute atomic E-state index is 6.57. The fourth-order valence-electron chi connectivity index (χ4n) is 4.84. The van der Waals surface area contributed by atoms with Crippen molar-refractivity contribution < 1.29 is 23.7 Å². The lowest BCUT2D eigenvalue weighted by atomic mass is 9.89. The summed E-state index contributed by atoms with van der Waals surface area (Å²) >= 11 is 0. The SMILES string of the molecule is C=C1CO[C@H]2[C@@H](OCc3ccccc3)[C@H](OCc3ccccc3)[C@@H](COCc3ccccc3)O[C@@H]2C1. The van der Waals surface area contributed by atoms with Crippen LogP contribution in [0.5, 0.6) is 0 Å². The zero-order valence-corrected chi connectivity index (χ0v) is 20.5. The van der Waals surface area contributed by atoms with Crippen molar-refractivity contribution in [2.45, 2.75) is 56.8 Å². The third-order valence-electron chi connectivity index (χ3n) is 6.66. The van der Waals surface area contributed by atoms with Gasteiger partial charge in [-0.15, -0.1) is 0 Å². The van der Waals surface area contributed by atoms with Gasteiger partial charge in [-0.1, -0.05) is 97.6 Å². The van der Waals surface area contributed by atoms with Crippen LogP contribution < -0.4 is 0 Å². The molecular formula is C31H34O5. The molecule has 0 radical (unpaired) electrons. The van der Waals surface area contributed by atoms with Crippen molar-refractivity contribution >= 4 is 0 Å². The fraction of sp³-hybridized carbons (Fsp3) is 0.355. The molecule has 0 spiro atoms. The largest absolute Gasteiger partial charge is 0.374 e. The van der Waals surface area contributed by atoms with Crippen molar-refractivity contribution in [3.8, 4) is 0 Å². The highest BCUT2D eigenvalue weighted by Gasteiger charge is 2.49. The van der Waals surface area contributed by atoms with Crippen LogP contribution in [0.2, 0.25) is 0 Å². The fourth-order valence-corrected chi connectivity index (χ4v) is 4.84. The van der Waals surface area contributed by atoms with Crippen LogP contribution in [-0.4, -0.2) is 43.7 Å². The summed E-state index contributed by atoms with van der Waals surface area (Å²) in [6, 6.07) is 30.5. The lowest BCUT2D eigenvalue weighted by Gasteiger charge is -2.48. The van der Waals surface area contributed by atoms with E-state index in [0.717, 1.165) is 28.7 Å². The molecule has 5 nitrogen and oxygen atoms in total. The zero-order chi connectivity index (χ0) is 24.6. The zero-order valence-electron chi connectivity index (χ0n) is 20.5. The summed E-state index contributed by atoms with van der Waals surface area (Å²) in [5.41, 5.74) is 4.37. The summed E-state index contributed by atoms with van der Waals surface area (Å²) in [7, 11) is 0. The van der Waals surface area contributed by atoms with Crippen molar-refractivity contribution in [3.63, 3.8) is 0 Å². The van der Waals surface area contributed by atoms with Crippen molar-refractivity contribution in [2.24, 2.45) is 0 Å². The van der Waals surface area contributed by atoms with E-state index in [-0.39, 0.29) is 30.5 Å². The molecule has 0 unspecified atom stereocenters.